The van der Waals surface area contributed by atoms with Gasteiger partial charge in [0.1, 0.15) is 11.6 Å². The van der Waals surface area contributed by atoms with Gasteiger partial charge < -0.3 is 15.1 Å². The van der Waals surface area contributed by atoms with Crippen LogP contribution in [-0.2, 0) is 14.4 Å². The summed E-state index contributed by atoms with van der Waals surface area (Å²) in [6.45, 7) is 5.73. The lowest BCUT2D eigenvalue weighted by atomic mass is 9.96. The molecule has 19 heavy (non-hydrogen) atoms. The molecule has 1 N–H and O–H groups in total. The average Bonchev–Trinajstić information content (AvgIpc) is 2.32. The van der Waals surface area contributed by atoms with Crippen molar-refractivity contribution in [1.82, 2.24) is 15.1 Å². The van der Waals surface area contributed by atoms with Gasteiger partial charge >= 0.3 is 0 Å². The third-order valence-electron chi connectivity index (χ3n) is 3.33. The second kappa shape index (κ2) is 5.81. The molecule has 0 saturated carbocycles. The minimum Gasteiger partial charge on any atom is -0.344 e. The Bertz CT molecular complexity index is 398. The fourth-order valence-corrected chi connectivity index (χ4v) is 2.47. The zero-order valence-corrected chi connectivity index (χ0v) is 12.7. The molecule has 1 unspecified atom stereocenters. The number of piperazine rings is 1. The number of thiol groups is 1. The van der Waals surface area contributed by atoms with Gasteiger partial charge in [-0.25, -0.2) is 0 Å². The number of rotatable bonds is 3. The Hall–Kier alpha value is -1.24. The van der Waals surface area contributed by atoms with E-state index in [0.717, 1.165) is 0 Å². The molecule has 1 saturated heterocycles. The van der Waals surface area contributed by atoms with E-state index in [1.807, 2.05) is 0 Å². The zero-order valence-electron chi connectivity index (χ0n) is 11.8. The third-order valence-corrected chi connectivity index (χ3v) is 3.69. The summed E-state index contributed by atoms with van der Waals surface area (Å²) in [5, 5.41) is 2.56. The molecule has 1 atom stereocenters. The lowest BCUT2D eigenvalue weighted by Crippen LogP contribution is -2.66. The van der Waals surface area contributed by atoms with E-state index in [-0.39, 0.29) is 23.5 Å². The van der Waals surface area contributed by atoms with Crippen LogP contribution in [0.2, 0.25) is 0 Å². The topological polar surface area (TPSA) is 69.7 Å². The van der Waals surface area contributed by atoms with Crippen LogP contribution in [0.5, 0.6) is 0 Å². The quantitative estimate of drug-likeness (QED) is 0.688. The Morgan fingerprint density at radius 3 is 2.47 bits per heavy atom. The highest BCUT2D eigenvalue weighted by atomic mass is 32.1. The van der Waals surface area contributed by atoms with Crippen LogP contribution in [-0.4, -0.2) is 65.0 Å². The maximum absolute atomic E-state index is 12.4. The van der Waals surface area contributed by atoms with E-state index in [1.165, 1.54) is 11.8 Å². The van der Waals surface area contributed by atoms with E-state index in [2.05, 4.69) is 17.9 Å². The third kappa shape index (κ3) is 3.20. The van der Waals surface area contributed by atoms with E-state index in [4.69, 9.17) is 0 Å². The predicted octanol–water partition coefficient (Wildman–Crippen LogP) is -0.500. The highest BCUT2D eigenvalue weighted by Crippen LogP contribution is 2.22. The molecule has 3 amide bonds. The number of hydrogen-bond donors (Lipinski definition) is 2. The first kappa shape index (κ1) is 15.8. The minimum atomic E-state index is -0.899. The molecule has 1 heterocycles. The molecule has 0 bridgehead atoms. The van der Waals surface area contributed by atoms with Crippen LogP contribution in [0, 0.1) is 0 Å². The molecule has 0 aliphatic carbocycles. The first-order valence-corrected chi connectivity index (χ1v) is 6.80. The van der Waals surface area contributed by atoms with Crippen LogP contribution >= 0.6 is 12.6 Å². The van der Waals surface area contributed by atoms with Crippen molar-refractivity contribution in [2.24, 2.45) is 0 Å². The summed E-state index contributed by atoms with van der Waals surface area (Å²) in [5.74, 6) is -0.454. The van der Waals surface area contributed by atoms with Crippen molar-refractivity contribution in [1.29, 1.82) is 0 Å². The van der Waals surface area contributed by atoms with E-state index in [9.17, 15) is 14.4 Å². The van der Waals surface area contributed by atoms with Crippen LogP contribution in [0.25, 0.3) is 0 Å². The van der Waals surface area contributed by atoms with Crippen LogP contribution in [0.3, 0.4) is 0 Å². The SMILES string of the molecule is CC(=O)NC(CS)C(=O)N1CCN(C)C(=O)C1(C)C. The molecule has 1 aliphatic heterocycles. The Kier molecular flexibility index (Phi) is 4.84. The molecule has 0 spiro atoms. The molecular formula is C12H21N3O3S. The van der Waals surface area contributed by atoms with Crippen LogP contribution in [0.1, 0.15) is 20.8 Å². The Morgan fingerprint density at radius 2 is 2.00 bits per heavy atom. The standard InChI is InChI=1S/C12H21N3O3S/c1-8(16)13-9(7-19)10(17)15-6-5-14(4)11(18)12(15,2)3/h9,19H,5-7H2,1-4H3,(H,13,16). The monoisotopic (exact) mass is 287 g/mol. The van der Waals surface area contributed by atoms with Crippen molar-refractivity contribution < 1.29 is 14.4 Å². The van der Waals surface area contributed by atoms with Crippen molar-refractivity contribution in [2.75, 3.05) is 25.9 Å². The van der Waals surface area contributed by atoms with Gasteiger partial charge in [-0.2, -0.15) is 12.6 Å². The van der Waals surface area contributed by atoms with Crippen molar-refractivity contribution in [3.05, 3.63) is 0 Å². The van der Waals surface area contributed by atoms with Crippen LogP contribution in [0.4, 0.5) is 0 Å². The van der Waals surface area contributed by atoms with E-state index < -0.39 is 11.6 Å². The van der Waals surface area contributed by atoms with Crippen molar-refractivity contribution in [3.63, 3.8) is 0 Å². The lowest BCUT2D eigenvalue weighted by molar-refractivity contribution is -0.158. The van der Waals surface area contributed by atoms with Crippen LogP contribution in [0.15, 0.2) is 0 Å². The maximum atomic E-state index is 12.4. The summed E-state index contributed by atoms with van der Waals surface area (Å²) in [6, 6.07) is -0.698. The number of likely N-dealkylation sites (N-methyl/N-ethyl adjacent to an activating group) is 1. The van der Waals surface area contributed by atoms with E-state index in [1.54, 1.807) is 25.8 Å². The van der Waals surface area contributed by atoms with Gasteiger partial charge in [-0.3, -0.25) is 14.4 Å². The molecule has 0 radical (unpaired) electrons. The highest BCUT2D eigenvalue weighted by Gasteiger charge is 2.44. The van der Waals surface area contributed by atoms with Gasteiger partial charge in [0.2, 0.25) is 17.7 Å². The molecule has 7 heteroatoms. The smallest absolute Gasteiger partial charge is 0.247 e. The van der Waals surface area contributed by atoms with Gasteiger partial charge in [0, 0.05) is 32.8 Å². The molecule has 108 valence electrons. The Morgan fingerprint density at radius 1 is 1.42 bits per heavy atom. The Balaban J connectivity index is 2.91. The normalized spacial score (nSPS) is 20.2. The first-order valence-electron chi connectivity index (χ1n) is 6.16. The number of carbonyl (C=O) groups is 3. The molecule has 1 fully saturated rings. The molecule has 1 rings (SSSR count). The number of amides is 3. The van der Waals surface area contributed by atoms with Gasteiger partial charge in [0.05, 0.1) is 0 Å². The number of carbonyl (C=O) groups excluding carboxylic acids is 3. The molecule has 0 aromatic heterocycles. The van der Waals surface area contributed by atoms with Gasteiger partial charge in [0.15, 0.2) is 0 Å². The van der Waals surface area contributed by atoms with Crippen LogP contribution < -0.4 is 5.32 Å². The molecule has 6 nitrogen and oxygen atoms in total. The first-order chi connectivity index (χ1) is 8.71. The summed E-state index contributed by atoms with van der Waals surface area (Å²) in [7, 11) is 1.72. The van der Waals surface area contributed by atoms with Crippen molar-refractivity contribution >= 4 is 30.4 Å². The summed E-state index contributed by atoms with van der Waals surface area (Å²) in [4.78, 5) is 38.8. The predicted molar refractivity (Wildman–Crippen MR) is 74.9 cm³/mol. The number of nitrogens with one attached hydrogen (secondary N) is 1. The largest absolute Gasteiger partial charge is 0.344 e. The van der Waals surface area contributed by atoms with E-state index in [0.29, 0.717) is 13.1 Å². The van der Waals surface area contributed by atoms with Crippen molar-refractivity contribution in [3.8, 4) is 0 Å². The van der Waals surface area contributed by atoms with E-state index >= 15 is 0 Å². The second-order valence-electron chi connectivity index (χ2n) is 5.21. The van der Waals surface area contributed by atoms with Gasteiger partial charge in [-0.15, -0.1) is 0 Å². The van der Waals surface area contributed by atoms with Crippen molar-refractivity contribution in [2.45, 2.75) is 32.4 Å². The summed E-state index contributed by atoms with van der Waals surface area (Å²) < 4.78 is 0. The molecule has 0 aromatic carbocycles. The fraction of sp³-hybridized carbons (Fsp3) is 0.750. The molecule has 1 aliphatic rings. The highest BCUT2D eigenvalue weighted by molar-refractivity contribution is 7.80. The lowest BCUT2D eigenvalue weighted by Gasteiger charge is -2.45. The average molecular weight is 287 g/mol. The molecule has 0 aromatic rings. The Labute approximate surface area is 118 Å². The van der Waals surface area contributed by atoms with Gasteiger partial charge in [-0.05, 0) is 13.8 Å². The summed E-state index contributed by atoms with van der Waals surface area (Å²) in [5.41, 5.74) is -0.899. The maximum Gasteiger partial charge on any atom is 0.247 e. The zero-order chi connectivity index (χ0) is 14.8. The molecular weight excluding hydrogens is 266 g/mol. The second-order valence-corrected chi connectivity index (χ2v) is 5.58. The summed E-state index contributed by atoms with van der Waals surface area (Å²) in [6.07, 6.45) is 0. The number of nitrogens with zero attached hydrogens (tertiary/aromatic N) is 2. The summed E-state index contributed by atoms with van der Waals surface area (Å²) >= 11 is 4.09. The van der Waals surface area contributed by atoms with Gasteiger partial charge in [0.25, 0.3) is 0 Å². The minimum absolute atomic E-state index is 0.104. The fourth-order valence-electron chi connectivity index (χ4n) is 2.22. The number of hydrogen-bond acceptors (Lipinski definition) is 4. The van der Waals surface area contributed by atoms with Gasteiger partial charge in [-0.1, -0.05) is 0 Å².